The van der Waals surface area contributed by atoms with Crippen molar-refractivity contribution in [2.75, 3.05) is 33.7 Å². The van der Waals surface area contributed by atoms with Crippen LogP contribution in [-0.4, -0.2) is 55.5 Å². The zero-order valence-corrected chi connectivity index (χ0v) is 21.7. The Balaban J connectivity index is 1.78. The Bertz CT molecular complexity index is 1290. The Morgan fingerprint density at radius 1 is 1.17 bits per heavy atom. The normalized spacial score (nSPS) is 17.1. The summed E-state index contributed by atoms with van der Waals surface area (Å²) in [5, 5.41) is 12.6. The van der Waals surface area contributed by atoms with E-state index in [1.807, 2.05) is 74.4 Å². The molecule has 0 N–H and O–H groups in total. The Morgan fingerprint density at radius 2 is 1.94 bits per heavy atom. The van der Waals surface area contributed by atoms with E-state index in [0.717, 1.165) is 29.3 Å². The fraction of sp³-hybridized carbons (Fsp3) is 0.357. The number of fused-ring (bicyclic) bond motifs is 3. The molecule has 1 aliphatic rings. The third kappa shape index (κ3) is 5.63. The molecule has 0 aliphatic carbocycles. The summed E-state index contributed by atoms with van der Waals surface area (Å²) in [6.07, 6.45) is 0.670. The quantitative estimate of drug-likeness (QED) is 0.401. The lowest BCUT2D eigenvalue weighted by Crippen LogP contribution is -2.42. The number of carbonyl (C=O) groups is 1. The standard InChI is InChI=1S/C28H29Cl2N3O2/c1-18-15-33(16-21(10-11-32(2)3)19-8-9-25(29)26(30)13-19)28(34)27-23-7-5-4-6-20(23)12-22(14-31)24(27)17-35-18/h4-9,12-13,18,21H,10-11,15-17H2,1-3H3/t18-,21-/m1/s1. The van der Waals surface area contributed by atoms with Gasteiger partial charge in [-0.15, -0.1) is 0 Å². The summed E-state index contributed by atoms with van der Waals surface area (Å²) in [4.78, 5) is 18.2. The molecule has 2 atom stereocenters. The summed E-state index contributed by atoms with van der Waals surface area (Å²) in [5.74, 6) is -0.0185. The van der Waals surface area contributed by atoms with Crippen LogP contribution >= 0.6 is 23.2 Å². The van der Waals surface area contributed by atoms with E-state index >= 15 is 0 Å². The van der Waals surface area contributed by atoms with Crippen molar-refractivity contribution in [1.82, 2.24) is 9.80 Å². The van der Waals surface area contributed by atoms with E-state index in [-0.39, 0.29) is 24.5 Å². The van der Waals surface area contributed by atoms with E-state index in [1.54, 1.807) is 0 Å². The molecule has 1 aliphatic heterocycles. The van der Waals surface area contributed by atoms with Crippen LogP contribution in [0, 0.1) is 11.3 Å². The van der Waals surface area contributed by atoms with E-state index in [4.69, 9.17) is 27.9 Å². The van der Waals surface area contributed by atoms with Gasteiger partial charge in [0.1, 0.15) is 0 Å². The Hall–Kier alpha value is -2.62. The second kappa shape index (κ2) is 11.0. The molecule has 4 rings (SSSR count). The van der Waals surface area contributed by atoms with Crippen LogP contribution in [0.1, 0.15) is 46.3 Å². The number of ether oxygens (including phenoxy) is 1. The van der Waals surface area contributed by atoms with Crippen LogP contribution in [0.4, 0.5) is 0 Å². The van der Waals surface area contributed by atoms with Gasteiger partial charge in [0.15, 0.2) is 0 Å². The molecular formula is C28H29Cl2N3O2. The number of rotatable bonds is 6. The van der Waals surface area contributed by atoms with Gasteiger partial charge in [-0.2, -0.15) is 5.26 Å². The van der Waals surface area contributed by atoms with E-state index in [0.29, 0.717) is 39.8 Å². The smallest absolute Gasteiger partial charge is 0.255 e. The average Bonchev–Trinajstić information content (AvgIpc) is 2.84. The molecule has 5 nitrogen and oxygen atoms in total. The van der Waals surface area contributed by atoms with Gasteiger partial charge in [0.25, 0.3) is 5.91 Å². The third-order valence-corrected chi connectivity index (χ3v) is 7.29. The Kier molecular flexibility index (Phi) is 7.98. The highest BCUT2D eigenvalue weighted by molar-refractivity contribution is 6.42. The Morgan fingerprint density at radius 3 is 2.66 bits per heavy atom. The fourth-order valence-electron chi connectivity index (χ4n) is 4.68. The minimum Gasteiger partial charge on any atom is -0.372 e. The summed E-state index contributed by atoms with van der Waals surface area (Å²) < 4.78 is 6.11. The Labute approximate surface area is 216 Å². The maximum absolute atomic E-state index is 14.1. The lowest BCUT2D eigenvalue weighted by Gasteiger charge is -2.34. The minimum atomic E-state index is -0.173. The van der Waals surface area contributed by atoms with Crippen molar-refractivity contribution >= 4 is 39.9 Å². The van der Waals surface area contributed by atoms with E-state index in [2.05, 4.69) is 11.0 Å². The molecule has 0 fully saturated rings. The van der Waals surface area contributed by atoms with Gasteiger partial charge in [-0.25, -0.2) is 0 Å². The van der Waals surface area contributed by atoms with Crippen LogP contribution in [0.5, 0.6) is 0 Å². The monoisotopic (exact) mass is 509 g/mol. The number of nitrogens with zero attached hydrogens (tertiary/aromatic N) is 3. The largest absolute Gasteiger partial charge is 0.372 e. The molecule has 0 aromatic heterocycles. The van der Waals surface area contributed by atoms with Crippen LogP contribution in [-0.2, 0) is 11.3 Å². The molecule has 0 unspecified atom stereocenters. The van der Waals surface area contributed by atoms with Gasteiger partial charge < -0.3 is 14.5 Å². The van der Waals surface area contributed by atoms with Crippen molar-refractivity contribution in [2.45, 2.75) is 32.0 Å². The van der Waals surface area contributed by atoms with Crippen LogP contribution in [0.25, 0.3) is 10.8 Å². The molecule has 0 bridgehead atoms. The van der Waals surface area contributed by atoms with Gasteiger partial charge in [-0.3, -0.25) is 4.79 Å². The molecule has 0 spiro atoms. The maximum atomic E-state index is 14.1. The van der Waals surface area contributed by atoms with E-state index in [1.165, 1.54) is 0 Å². The summed E-state index contributed by atoms with van der Waals surface area (Å²) >= 11 is 12.5. The van der Waals surface area contributed by atoms with Gasteiger partial charge in [-0.1, -0.05) is 53.5 Å². The fourth-order valence-corrected chi connectivity index (χ4v) is 4.99. The van der Waals surface area contributed by atoms with Crippen molar-refractivity contribution in [3.05, 3.63) is 80.8 Å². The van der Waals surface area contributed by atoms with Crippen LogP contribution in [0.3, 0.4) is 0 Å². The van der Waals surface area contributed by atoms with Crippen LogP contribution in [0.15, 0.2) is 48.5 Å². The first kappa shape index (κ1) is 25.5. The second-order valence-corrected chi connectivity index (χ2v) is 10.2. The molecule has 35 heavy (non-hydrogen) atoms. The molecule has 3 aromatic rings. The maximum Gasteiger partial charge on any atom is 0.255 e. The van der Waals surface area contributed by atoms with E-state index < -0.39 is 0 Å². The topological polar surface area (TPSA) is 56.6 Å². The highest BCUT2D eigenvalue weighted by Gasteiger charge is 2.30. The number of nitriles is 1. The summed E-state index contributed by atoms with van der Waals surface area (Å²) in [6.45, 7) is 4.02. The first-order valence-corrected chi connectivity index (χ1v) is 12.5. The van der Waals surface area contributed by atoms with Gasteiger partial charge in [0.2, 0.25) is 0 Å². The number of hydrogen-bond acceptors (Lipinski definition) is 4. The summed E-state index contributed by atoms with van der Waals surface area (Å²) in [7, 11) is 4.07. The number of carbonyl (C=O) groups excluding carboxylic acids is 1. The highest BCUT2D eigenvalue weighted by Crippen LogP contribution is 2.33. The molecule has 182 valence electrons. The zero-order chi connectivity index (χ0) is 25.1. The predicted octanol–water partition coefficient (Wildman–Crippen LogP) is 6.11. The molecule has 1 heterocycles. The third-order valence-electron chi connectivity index (χ3n) is 6.55. The average molecular weight is 510 g/mol. The van der Waals surface area contributed by atoms with Crippen molar-refractivity contribution in [2.24, 2.45) is 0 Å². The molecule has 0 saturated heterocycles. The number of hydrogen-bond donors (Lipinski definition) is 0. The minimum absolute atomic E-state index is 0.0524. The van der Waals surface area contributed by atoms with E-state index in [9.17, 15) is 10.1 Å². The summed E-state index contributed by atoms with van der Waals surface area (Å²) in [6, 6.07) is 17.5. The van der Waals surface area contributed by atoms with Crippen molar-refractivity contribution < 1.29 is 9.53 Å². The second-order valence-electron chi connectivity index (χ2n) is 9.40. The predicted molar refractivity (Wildman–Crippen MR) is 141 cm³/mol. The number of halogens is 2. The number of amides is 1. The molecule has 1 amide bonds. The lowest BCUT2D eigenvalue weighted by atomic mass is 9.91. The zero-order valence-electron chi connectivity index (χ0n) is 20.2. The lowest BCUT2D eigenvalue weighted by molar-refractivity contribution is 0.0172. The van der Waals surface area contributed by atoms with Crippen LogP contribution in [0.2, 0.25) is 10.0 Å². The van der Waals surface area contributed by atoms with Gasteiger partial charge in [0.05, 0.1) is 40.0 Å². The molecule has 0 saturated carbocycles. The van der Waals surface area contributed by atoms with Gasteiger partial charge >= 0.3 is 0 Å². The van der Waals surface area contributed by atoms with Crippen molar-refractivity contribution in [3.63, 3.8) is 0 Å². The molecule has 0 radical (unpaired) electrons. The number of benzene rings is 3. The van der Waals surface area contributed by atoms with Crippen molar-refractivity contribution in [1.29, 1.82) is 5.26 Å². The van der Waals surface area contributed by atoms with Gasteiger partial charge in [-0.05, 0) is 68.5 Å². The molecular weight excluding hydrogens is 481 g/mol. The first-order chi connectivity index (χ1) is 16.8. The molecule has 7 heteroatoms. The molecule has 3 aromatic carbocycles. The summed E-state index contributed by atoms with van der Waals surface area (Å²) in [5.41, 5.74) is 2.74. The highest BCUT2D eigenvalue weighted by atomic mass is 35.5. The first-order valence-electron chi connectivity index (χ1n) is 11.7. The van der Waals surface area contributed by atoms with Crippen molar-refractivity contribution in [3.8, 4) is 6.07 Å². The van der Waals surface area contributed by atoms with Crippen LogP contribution < -0.4 is 0 Å². The SMILES string of the molecule is C[C@@H]1CN(C[C@@H](CCN(C)C)c2ccc(Cl)c(Cl)c2)C(=O)c2c(c(C#N)cc3ccccc23)CO1. The van der Waals surface area contributed by atoms with Gasteiger partial charge in [0, 0.05) is 24.6 Å².